The van der Waals surface area contributed by atoms with Crippen molar-refractivity contribution in [3.63, 3.8) is 0 Å². The SMILES string of the molecule is C[C@H](c1ccccc1)N(Cc1ccccc1)P(=O)(c1ccccc1)c1ccccc1. The van der Waals surface area contributed by atoms with E-state index in [4.69, 9.17) is 0 Å². The summed E-state index contributed by atoms with van der Waals surface area (Å²) in [6.07, 6.45) is 0. The van der Waals surface area contributed by atoms with E-state index < -0.39 is 7.29 Å². The zero-order valence-electron chi connectivity index (χ0n) is 17.1. The Kier molecular flexibility index (Phi) is 6.28. The van der Waals surface area contributed by atoms with E-state index in [9.17, 15) is 0 Å². The summed E-state index contributed by atoms with van der Waals surface area (Å²) >= 11 is 0. The third-order valence-corrected chi connectivity index (χ3v) is 8.70. The summed E-state index contributed by atoms with van der Waals surface area (Å²) in [5.41, 5.74) is 2.30. The molecule has 0 aliphatic rings. The van der Waals surface area contributed by atoms with Crippen LogP contribution in [0.5, 0.6) is 0 Å². The molecule has 4 aromatic rings. The van der Waals surface area contributed by atoms with Crippen molar-refractivity contribution < 1.29 is 4.57 Å². The maximum Gasteiger partial charge on any atom is 0.208 e. The fourth-order valence-corrected chi connectivity index (χ4v) is 6.89. The van der Waals surface area contributed by atoms with Crippen LogP contribution in [-0.4, -0.2) is 4.67 Å². The predicted molar refractivity (Wildman–Crippen MR) is 127 cm³/mol. The van der Waals surface area contributed by atoms with Gasteiger partial charge in [-0.2, -0.15) is 0 Å². The first kappa shape index (κ1) is 20.3. The summed E-state index contributed by atoms with van der Waals surface area (Å²) in [4.78, 5) is 0. The molecule has 1 atom stereocenters. The van der Waals surface area contributed by atoms with Crippen LogP contribution in [0, 0.1) is 0 Å². The molecule has 0 unspecified atom stereocenters. The molecule has 0 spiro atoms. The quantitative estimate of drug-likeness (QED) is 0.339. The van der Waals surface area contributed by atoms with Crippen molar-refractivity contribution in [3.8, 4) is 0 Å². The third-order valence-electron chi connectivity index (χ3n) is 5.49. The van der Waals surface area contributed by atoms with Crippen molar-refractivity contribution >= 4 is 17.9 Å². The Morgan fingerprint density at radius 3 is 1.50 bits per heavy atom. The molecule has 0 heterocycles. The van der Waals surface area contributed by atoms with Gasteiger partial charge in [0.25, 0.3) is 0 Å². The number of hydrogen-bond donors (Lipinski definition) is 0. The van der Waals surface area contributed by atoms with Crippen LogP contribution >= 0.6 is 7.29 Å². The summed E-state index contributed by atoms with van der Waals surface area (Å²) in [5.74, 6) is 0. The smallest absolute Gasteiger partial charge is 0.208 e. The molecule has 30 heavy (non-hydrogen) atoms. The van der Waals surface area contributed by atoms with Crippen LogP contribution in [-0.2, 0) is 11.1 Å². The van der Waals surface area contributed by atoms with E-state index in [1.54, 1.807) is 0 Å². The van der Waals surface area contributed by atoms with Crippen molar-refractivity contribution in [1.29, 1.82) is 0 Å². The summed E-state index contributed by atoms with van der Waals surface area (Å²) in [6.45, 7) is 2.74. The minimum absolute atomic E-state index is 0.0300. The van der Waals surface area contributed by atoms with E-state index >= 15 is 4.57 Å². The molecule has 150 valence electrons. The molecule has 0 amide bonds. The molecule has 3 heteroatoms. The first-order chi connectivity index (χ1) is 14.7. The summed E-state index contributed by atoms with van der Waals surface area (Å²) < 4.78 is 17.2. The molecule has 0 saturated carbocycles. The fourth-order valence-electron chi connectivity index (χ4n) is 3.86. The van der Waals surface area contributed by atoms with Gasteiger partial charge in [-0.25, -0.2) is 4.67 Å². The fraction of sp³-hybridized carbons (Fsp3) is 0.111. The zero-order valence-corrected chi connectivity index (χ0v) is 18.0. The van der Waals surface area contributed by atoms with Crippen molar-refractivity contribution in [2.75, 3.05) is 0 Å². The molecule has 0 N–H and O–H groups in total. The molecule has 4 aromatic carbocycles. The van der Waals surface area contributed by atoms with Crippen LogP contribution < -0.4 is 10.6 Å². The van der Waals surface area contributed by atoms with Gasteiger partial charge in [0.15, 0.2) is 0 Å². The van der Waals surface area contributed by atoms with E-state index in [1.165, 1.54) is 0 Å². The second-order valence-electron chi connectivity index (χ2n) is 7.42. The summed E-state index contributed by atoms with van der Waals surface area (Å²) in [6, 6.07) is 40.4. The van der Waals surface area contributed by atoms with Gasteiger partial charge in [0.1, 0.15) is 0 Å². The highest BCUT2D eigenvalue weighted by molar-refractivity contribution is 7.76. The molecule has 0 saturated heterocycles. The van der Waals surface area contributed by atoms with E-state index in [0.29, 0.717) is 6.54 Å². The van der Waals surface area contributed by atoms with Crippen molar-refractivity contribution in [1.82, 2.24) is 4.67 Å². The topological polar surface area (TPSA) is 20.3 Å². The van der Waals surface area contributed by atoms with Gasteiger partial charge in [-0.3, -0.25) is 4.57 Å². The lowest BCUT2D eigenvalue weighted by molar-refractivity contribution is 0.343. The van der Waals surface area contributed by atoms with Crippen LogP contribution in [0.1, 0.15) is 24.1 Å². The first-order valence-electron chi connectivity index (χ1n) is 10.3. The minimum atomic E-state index is -3.09. The highest BCUT2D eigenvalue weighted by atomic mass is 31.2. The molecule has 2 nitrogen and oxygen atoms in total. The lowest BCUT2D eigenvalue weighted by Gasteiger charge is -2.37. The molecule has 0 radical (unpaired) electrons. The summed E-state index contributed by atoms with van der Waals surface area (Å²) in [5, 5.41) is 1.71. The Morgan fingerprint density at radius 1 is 0.633 bits per heavy atom. The lowest BCUT2D eigenvalue weighted by atomic mass is 10.1. The Bertz CT molecular complexity index is 1060. The minimum Gasteiger partial charge on any atom is -0.296 e. The van der Waals surface area contributed by atoms with Gasteiger partial charge in [-0.05, 0) is 42.3 Å². The zero-order chi connectivity index (χ0) is 20.8. The predicted octanol–water partition coefficient (Wildman–Crippen LogP) is 6.18. The largest absolute Gasteiger partial charge is 0.296 e. The molecule has 0 bridgehead atoms. The number of hydrogen-bond acceptors (Lipinski definition) is 1. The van der Waals surface area contributed by atoms with Gasteiger partial charge in [-0.15, -0.1) is 0 Å². The van der Waals surface area contributed by atoms with E-state index in [-0.39, 0.29) is 6.04 Å². The van der Waals surface area contributed by atoms with E-state index in [1.807, 2.05) is 97.1 Å². The van der Waals surface area contributed by atoms with Crippen LogP contribution in [0.3, 0.4) is 0 Å². The van der Waals surface area contributed by atoms with Gasteiger partial charge in [0, 0.05) is 23.2 Å². The number of rotatable bonds is 7. The van der Waals surface area contributed by atoms with Crippen LogP contribution in [0.15, 0.2) is 121 Å². The maximum atomic E-state index is 15.1. The van der Waals surface area contributed by atoms with E-state index in [2.05, 4.69) is 35.9 Å². The molecule has 0 aliphatic carbocycles. The monoisotopic (exact) mass is 411 g/mol. The maximum absolute atomic E-state index is 15.1. The van der Waals surface area contributed by atoms with Crippen LogP contribution in [0.25, 0.3) is 0 Å². The Labute approximate surface area is 179 Å². The summed E-state index contributed by atoms with van der Waals surface area (Å²) in [7, 11) is -3.09. The third kappa shape index (κ3) is 4.16. The normalized spacial score (nSPS) is 12.6. The Balaban J connectivity index is 1.90. The van der Waals surface area contributed by atoms with Crippen LogP contribution in [0.2, 0.25) is 0 Å². The van der Waals surface area contributed by atoms with Crippen LogP contribution in [0.4, 0.5) is 0 Å². The van der Waals surface area contributed by atoms with Gasteiger partial charge in [0.2, 0.25) is 7.29 Å². The van der Waals surface area contributed by atoms with Gasteiger partial charge in [-0.1, -0.05) is 97.1 Å². The first-order valence-corrected chi connectivity index (χ1v) is 11.9. The highest BCUT2D eigenvalue weighted by Crippen LogP contribution is 2.52. The molecule has 4 rings (SSSR count). The molecule has 0 aromatic heterocycles. The average Bonchev–Trinajstić information content (AvgIpc) is 2.84. The number of benzene rings is 4. The Hall–Kier alpha value is -2.93. The molecule has 0 fully saturated rings. The standard InChI is InChI=1S/C27H26NOP/c1-23(25-16-8-3-9-17-25)28(22-24-14-6-2-7-15-24)30(29,26-18-10-4-11-19-26)27-20-12-5-13-21-27/h2-21,23H,22H2,1H3/t23-/m1/s1. The van der Waals surface area contributed by atoms with Crippen molar-refractivity contribution in [3.05, 3.63) is 132 Å². The Morgan fingerprint density at radius 2 is 1.03 bits per heavy atom. The lowest BCUT2D eigenvalue weighted by Crippen LogP contribution is -2.34. The van der Waals surface area contributed by atoms with Gasteiger partial charge < -0.3 is 0 Å². The molecule has 0 aliphatic heterocycles. The van der Waals surface area contributed by atoms with Crippen molar-refractivity contribution in [2.45, 2.75) is 19.5 Å². The second-order valence-corrected chi connectivity index (χ2v) is 10.1. The molecular weight excluding hydrogens is 385 g/mol. The average molecular weight is 411 g/mol. The van der Waals surface area contributed by atoms with E-state index in [0.717, 1.165) is 21.7 Å². The highest BCUT2D eigenvalue weighted by Gasteiger charge is 2.38. The van der Waals surface area contributed by atoms with Crippen molar-refractivity contribution in [2.24, 2.45) is 0 Å². The van der Waals surface area contributed by atoms with Gasteiger partial charge in [0.05, 0.1) is 0 Å². The molecular formula is C27H26NOP. The number of nitrogens with zero attached hydrogens (tertiary/aromatic N) is 1. The van der Waals surface area contributed by atoms with Gasteiger partial charge >= 0.3 is 0 Å². The second kappa shape index (κ2) is 9.26.